The molecule has 2 heterocycles. The van der Waals surface area contributed by atoms with Gasteiger partial charge >= 0.3 is 0 Å². The van der Waals surface area contributed by atoms with Gasteiger partial charge in [0.15, 0.2) is 5.13 Å². The second kappa shape index (κ2) is 5.36. The lowest BCUT2D eigenvalue weighted by molar-refractivity contribution is 0.454. The summed E-state index contributed by atoms with van der Waals surface area (Å²) in [6.45, 7) is 4.88. The van der Waals surface area contributed by atoms with Crippen molar-refractivity contribution in [3.63, 3.8) is 0 Å². The Morgan fingerprint density at radius 2 is 2.44 bits per heavy atom. The molecular weight excluding hydrogens is 242 g/mol. The third-order valence-electron chi connectivity index (χ3n) is 1.82. The van der Waals surface area contributed by atoms with E-state index in [9.17, 15) is 0 Å². The molecule has 2 aromatic rings. The maximum absolute atomic E-state index is 5.26. The molecule has 0 saturated heterocycles. The van der Waals surface area contributed by atoms with Crippen molar-refractivity contribution in [3.8, 4) is 0 Å². The van der Waals surface area contributed by atoms with Crippen LogP contribution in [0.2, 0.25) is 0 Å². The summed E-state index contributed by atoms with van der Waals surface area (Å²) < 4.78 is 5.26. The van der Waals surface area contributed by atoms with Gasteiger partial charge in [-0.1, -0.05) is 11.8 Å². The SMILES string of the molecule is CCNc1ncc(CSc2nc(C)co2)s1. The van der Waals surface area contributed by atoms with Crippen molar-refractivity contribution in [1.82, 2.24) is 9.97 Å². The molecule has 0 saturated carbocycles. The van der Waals surface area contributed by atoms with E-state index in [1.165, 1.54) is 4.88 Å². The van der Waals surface area contributed by atoms with E-state index in [0.29, 0.717) is 0 Å². The molecule has 2 rings (SSSR count). The minimum absolute atomic E-state index is 0.718. The predicted molar refractivity (Wildman–Crippen MR) is 67.1 cm³/mol. The number of nitrogens with one attached hydrogen (secondary N) is 1. The Hall–Kier alpha value is -1.01. The zero-order valence-electron chi connectivity index (χ0n) is 9.19. The number of oxazole rings is 1. The summed E-state index contributed by atoms with van der Waals surface area (Å²) in [6, 6.07) is 0. The van der Waals surface area contributed by atoms with Gasteiger partial charge in [0.05, 0.1) is 5.69 Å². The van der Waals surface area contributed by atoms with Gasteiger partial charge in [0.25, 0.3) is 5.22 Å². The van der Waals surface area contributed by atoms with Crippen LogP contribution in [0.3, 0.4) is 0 Å². The van der Waals surface area contributed by atoms with Gasteiger partial charge in [-0.25, -0.2) is 9.97 Å². The Balaban J connectivity index is 1.89. The quantitative estimate of drug-likeness (QED) is 0.832. The van der Waals surface area contributed by atoms with Crippen LogP contribution in [0.1, 0.15) is 17.5 Å². The molecule has 2 aromatic heterocycles. The van der Waals surface area contributed by atoms with E-state index in [4.69, 9.17) is 4.42 Å². The van der Waals surface area contributed by atoms with E-state index in [1.54, 1.807) is 29.4 Å². The molecule has 86 valence electrons. The molecule has 0 aliphatic heterocycles. The molecule has 0 aliphatic carbocycles. The molecule has 0 spiro atoms. The van der Waals surface area contributed by atoms with E-state index >= 15 is 0 Å². The molecule has 0 bridgehead atoms. The van der Waals surface area contributed by atoms with Gasteiger partial charge in [0.2, 0.25) is 0 Å². The molecule has 16 heavy (non-hydrogen) atoms. The van der Waals surface area contributed by atoms with Crippen LogP contribution in [-0.4, -0.2) is 16.5 Å². The van der Waals surface area contributed by atoms with E-state index in [2.05, 4.69) is 22.2 Å². The largest absolute Gasteiger partial charge is 0.440 e. The summed E-state index contributed by atoms with van der Waals surface area (Å²) in [5, 5.41) is 4.88. The smallest absolute Gasteiger partial charge is 0.256 e. The fourth-order valence-electron chi connectivity index (χ4n) is 1.14. The van der Waals surface area contributed by atoms with E-state index in [1.807, 2.05) is 13.1 Å². The summed E-state index contributed by atoms with van der Waals surface area (Å²) in [6.07, 6.45) is 3.56. The van der Waals surface area contributed by atoms with Gasteiger partial charge < -0.3 is 9.73 Å². The Bertz CT molecular complexity index is 452. The van der Waals surface area contributed by atoms with Crippen LogP contribution >= 0.6 is 23.1 Å². The van der Waals surface area contributed by atoms with Crippen LogP contribution in [0.15, 0.2) is 22.1 Å². The molecule has 0 radical (unpaired) electrons. The minimum atomic E-state index is 0.718. The maximum Gasteiger partial charge on any atom is 0.256 e. The van der Waals surface area contributed by atoms with Gasteiger partial charge in [-0.15, -0.1) is 11.3 Å². The van der Waals surface area contributed by atoms with Crippen molar-refractivity contribution in [1.29, 1.82) is 0 Å². The van der Waals surface area contributed by atoms with Crippen molar-refractivity contribution in [3.05, 3.63) is 23.0 Å². The highest BCUT2D eigenvalue weighted by atomic mass is 32.2. The lowest BCUT2D eigenvalue weighted by atomic mass is 10.6. The zero-order valence-corrected chi connectivity index (χ0v) is 10.8. The third-order valence-corrected chi connectivity index (χ3v) is 3.84. The maximum atomic E-state index is 5.26. The first-order valence-corrected chi connectivity index (χ1v) is 6.81. The fraction of sp³-hybridized carbons (Fsp3) is 0.400. The number of thiazole rings is 1. The molecule has 0 unspecified atom stereocenters. The average molecular weight is 255 g/mol. The molecule has 0 aliphatic rings. The molecule has 1 N–H and O–H groups in total. The Kier molecular flexibility index (Phi) is 3.84. The number of thioether (sulfide) groups is 1. The summed E-state index contributed by atoms with van der Waals surface area (Å²) in [7, 11) is 0. The van der Waals surface area contributed by atoms with Crippen LogP contribution in [0.5, 0.6) is 0 Å². The van der Waals surface area contributed by atoms with E-state index in [-0.39, 0.29) is 0 Å². The normalized spacial score (nSPS) is 10.6. The van der Waals surface area contributed by atoms with Crippen LogP contribution in [0, 0.1) is 6.92 Å². The van der Waals surface area contributed by atoms with Crippen molar-refractivity contribution < 1.29 is 4.42 Å². The zero-order chi connectivity index (χ0) is 11.4. The first-order chi connectivity index (χ1) is 7.78. The molecule has 0 fully saturated rings. The monoisotopic (exact) mass is 255 g/mol. The van der Waals surface area contributed by atoms with Crippen molar-refractivity contribution in [2.45, 2.75) is 24.8 Å². The standard InChI is InChI=1S/C10H13N3OS2/c1-3-11-9-12-4-8(16-9)6-15-10-13-7(2)5-14-10/h4-5H,3,6H2,1-2H3,(H,11,12). The Morgan fingerprint density at radius 1 is 1.56 bits per heavy atom. The predicted octanol–water partition coefficient (Wildman–Crippen LogP) is 3.16. The van der Waals surface area contributed by atoms with Crippen molar-refractivity contribution >= 4 is 28.2 Å². The molecule has 6 heteroatoms. The fourth-order valence-corrected chi connectivity index (χ4v) is 2.89. The minimum Gasteiger partial charge on any atom is -0.440 e. The van der Waals surface area contributed by atoms with Gasteiger partial charge in [-0.2, -0.15) is 0 Å². The van der Waals surface area contributed by atoms with Crippen LogP contribution in [0.4, 0.5) is 5.13 Å². The molecule has 0 aromatic carbocycles. The Morgan fingerprint density at radius 3 is 3.12 bits per heavy atom. The number of nitrogens with zero attached hydrogens (tertiary/aromatic N) is 2. The second-order valence-electron chi connectivity index (χ2n) is 3.21. The van der Waals surface area contributed by atoms with Gasteiger partial charge in [0.1, 0.15) is 6.26 Å². The van der Waals surface area contributed by atoms with Crippen LogP contribution in [0.25, 0.3) is 0 Å². The number of hydrogen-bond donors (Lipinski definition) is 1. The summed E-state index contributed by atoms with van der Waals surface area (Å²) in [4.78, 5) is 9.72. The van der Waals surface area contributed by atoms with Crippen molar-refractivity contribution in [2.24, 2.45) is 0 Å². The van der Waals surface area contributed by atoms with Gasteiger partial charge in [-0.05, 0) is 13.8 Å². The average Bonchev–Trinajstić information content (AvgIpc) is 2.85. The second-order valence-corrected chi connectivity index (χ2v) is 5.25. The summed E-state index contributed by atoms with van der Waals surface area (Å²) >= 11 is 3.26. The molecule has 0 amide bonds. The van der Waals surface area contributed by atoms with Crippen molar-refractivity contribution in [2.75, 3.05) is 11.9 Å². The highest BCUT2D eigenvalue weighted by molar-refractivity contribution is 7.98. The molecule has 0 atom stereocenters. The van der Waals surface area contributed by atoms with E-state index < -0.39 is 0 Å². The number of aryl methyl sites for hydroxylation is 1. The first kappa shape index (κ1) is 11.5. The van der Waals surface area contributed by atoms with E-state index in [0.717, 1.165) is 28.3 Å². The number of hydrogen-bond acceptors (Lipinski definition) is 6. The first-order valence-electron chi connectivity index (χ1n) is 5.01. The highest BCUT2D eigenvalue weighted by Gasteiger charge is 2.05. The van der Waals surface area contributed by atoms with Gasteiger partial charge in [0, 0.05) is 23.4 Å². The van der Waals surface area contributed by atoms with Crippen LogP contribution < -0.4 is 5.32 Å². The topological polar surface area (TPSA) is 51.0 Å². The number of rotatable bonds is 5. The lowest BCUT2D eigenvalue weighted by Gasteiger charge is -1.94. The lowest BCUT2D eigenvalue weighted by Crippen LogP contribution is -1.94. The van der Waals surface area contributed by atoms with Crippen LogP contribution in [-0.2, 0) is 5.75 Å². The van der Waals surface area contributed by atoms with Gasteiger partial charge in [-0.3, -0.25) is 0 Å². The number of anilines is 1. The third kappa shape index (κ3) is 2.99. The summed E-state index contributed by atoms with van der Waals surface area (Å²) in [5.41, 5.74) is 0.917. The highest BCUT2D eigenvalue weighted by Crippen LogP contribution is 2.26. The summed E-state index contributed by atoms with van der Waals surface area (Å²) in [5.74, 6) is 0.850. The Labute approximate surface area is 102 Å². The molecule has 4 nitrogen and oxygen atoms in total. The number of aromatic nitrogens is 2. The molecular formula is C10H13N3OS2.